The first-order valence-electron chi connectivity index (χ1n) is 8.60. The van der Waals surface area contributed by atoms with Crippen LogP contribution in [-0.4, -0.2) is 29.8 Å². The van der Waals surface area contributed by atoms with Crippen molar-refractivity contribution in [1.82, 2.24) is 10.2 Å². The van der Waals surface area contributed by atoms with Crippen LogP contribution < -0.4 is 5.32 Å². The number of nitrogens with one attached hydrogen (secondary N) is 1. The number of carbonyl (C=O) groups excluding carboxylic acids is 2. The highest BCUT2D eigenvalue weighted by Crippen LogP contribution is 2.23. The van der Waals surface area contributed by atoms with Crippen LogP contribution in [0.2, 0.25) is 0 Å². The lowest BCUT2D eigenvalue weighted by Gasteiger charge is -2.31. The summed E-state index contributed by atoms with van der Waals surface area (Å²) in [4.78, 5) is 26.7. The standard InChI is InChI=1S/C20H20Br2N2O2/c21-17-5-1-14(2-6-17)13-23-20(26)24-11-9-16(10-12-24)19(25)15-3-7-18(22)8-4-15/h1-8,16H,9-13H2,(H,23,26). The quantitative estimate of drug-likeness (QED) is 0.626. The lowest BCUT2D eigenvalue weighted by molar-refractivity contribution is 0.0854. The smallest absolute Gasteiger partial charge is 0.317 e. The number of carbonyl (C=O) groups is 2. The van der Waals surface area contributed by atoms with Crippen molar-refractivity contribution in [2.45, 2.75) is 19.4 Å². The molecule has 0 aliphatic carbocycles. The van der Waals surface area contributed by atoms with E-state index in [2.05, 4.69) is 37.2 Å². The summed E-state index contributed by atoms with van der Waals surface area (Å²) in [5, 5.41) is 2.95. The minimum atomic E-state index is -0.0672. The van der Waals surface area contributed by atoms with Crippen molar-refractivity contribution >= 4 is 43.7 Å². The summed E-state index contributed by atoms with van der Waals surface area (Å²) >= 11 is 6.78. The molecule has 1 fully saturated rings. The Morgan fingerprint density at radius 1 is 0.923 bits per heavy atom. The van der Waals surface area contributed by atoms with Crippen LogP contribution in [0, 0.1) is 5.92 Å². The van der Waals surface area contributed by atoms with E-state index in [-0.39, 0.29) is 17.7 Å². The molecule has 2 amide bonds. The molecule has 1 aliphatic heterocycles. The number of rotatable bonds is 4. The number of Topliss-reactive ketones (excluding diaryl/α,β-unsaturated/α-hetero) is 1. The van der Waals surface area contributed by atoms with E-state index in [1.165, 1.54) is 0 Å². The molecule has 0 aromatic heterocycles. The largest absolute Gasteiger partial charge is 0.334 e. The molecule has 2 aromatic carbocycles. The van der Waals surface area contributed by atoms with E-state index in [0.717, 1.165) is 20.1 Å². The number of urea groups is 1. The maximum absolute atomic E-state index is 12.6. The Bertz CT molecular complexity index is 767. The summed E-state index contributed by atoms with van der Waals surface area (Å²) in [6.07, 6.45) is 1.42. The van der Waals surface area contributed by atoms with Gasteiger partial charge >= 0.3 is 6.03 Å². The van der Waals surface area contributed by atoms with Crippen LogP contribution >= 0.6 is 31.9 Å². The molecule has 0 atom stereocenters. The van der Waals surface area contributed by atoms with Crippen LogP contribution in [0.1, 0.15) is 28.8 Å². The molecule has 4 nitrogen and oxygen atoms in total. The molecule has 6 heteroatoms. The zero-order valence-corrected chi connectivity index (χ0v) is 17.4. The lowest BCUT2D eigenvalue weighted by Crippen LogP contribution is -2.45. The van der Waals surface area contributed by atoms with Crippen molar-refractivity contribution in [2.24, 2.45) is 5.92 Å². The van der Waals surface area contributed by atoms with Gasteiger partial charge in [-0.2, -0.15) is 0 Å². The van der Waals surface area contributed by atoms with Crippen LogP contribution in [0.3, 0.4) is 0 Å². The van der Waals surface area contributed by atoms with Gasteiger partial charge in [-0.25, -0.2) is 4.79 Å². The van der Waals surface area contributed by atoms with Crippen molar-refractivity contribution in [3.8, 4) is 0 Å². The van der Waals surface area contributed by atoms with Crippen LogP contribution in [0.25, 0.3) is 0 Å². The molecule has 26 heavy (non-hydrogen) atoms. The molecule has 1 aliphatic rings. The molecule has 0 spiro atoms. The SMILES string of the molecule is O=C(c1ccc(Br)cc1)C1CCN(C(=O)NCc2ccc(Br)cc2)CC1. The molecular weight excluding hydrogens is 460 g/mol. The monoisotopic (exact) mass is 478 g/mol. The van der Waals surface area contributed by atoms with Gasteiger partial charge in [0, 0.05) is 40.1 Å². The molecule has 3 rings (SSSR count). The second kappa shape index (κ2) is 8.82. The predicted octanol–water partition coefficient (Wildman–Crippen LogP) is 5.02. The Morgan fingerprint density at radius 2 is 1.46 bits per heavy atom. The molecule has 0 radical (unpaired) electrons. The van der Waals surface area contributed by atoms with E-state index in [9.17, 15) is 9.59 Å². The Balaban J connectivity index is 1.48. The van der Waals surface area contributed by atoms with Gasteiger partial charge < -0.3 is 10.2 Å². The predicted molar refractivity (Wildman–Crippen MR) is 109 cm³/mol. The molecule has 2 aromatic rings. The summed E-state index contributed by atoms with van der Waals surface area (Å²) in [5.74, 6) is 0.166. The third kappa shape index (κ3) is 4.95. The number of amides is 2. The maximum atomic E-state index is 12.6. The Hall–Kier alpha value is -1.66. The zero-order valence-electron chi connectivity index (χ0n) is 14.3. The average molecular weight is 480 g/mol. The average Bonchev–Trinajstić information content (AvgIpc) is 2.67. The highest BCUT2D eigenvalue weighted by molar-refractivity contribution is 9.10. The third-order valence-corrected chi connectivity index (χ3v) is 5.70. The van der Waals surface area contributed by atoms with Crippen LogP contribution in [0.4, 0.5) is 4.79 Å². The second-order valence-electron chi connectivity index (χ2n) is 6.42. The van der Waals surface area contributed by atoms with Crippen molar-refractivity contribution in [3.63, 3.8) is 0 Å². The van der Waals surface area contributed by atoms with E-state index in [0.29, 0.717) is 32.5 Å². The Kier molecular flexibility index (Phi) is 6.48. The number of halogens is 2. The number of nitrogens with zero attached hydrogens (tertiary/aromatic N) is 1. The highest BCUT2D eigenvalue weighted by atomic mass is 79.9. The van der Waals surface area contributed by atoms with Gasteiger partial charge in [0.1, 0.15) is 0 Å². The molecule has 1 heterocycles. The summed E-state index contributed by atoms with van der Waals surface area (Å²) in [6.45, 7) is 1.72. The van der Waals surface area contributed by atoms with E-state index in [4.69, 9.17) is 0 Å². The molecule has 1 saturated heterocycles. The zero-order chi connectivity index (χ0) is 18.5. The van der Waals surface area contributed by atoms with Crippen molar-refractivity contribution in [2.75, 3.05) is 13.1 Å². The van der Waals surface area contributed by atoms with Crippen LogP contribution in [-0.2, 0) is 6.54 Å². The topological polar surface area (TPSA) is 49.4 Å². The number of likely N-dealkylation sites (tertiary alicyclic amines) is 1. The number of benzene rings is 2. The normalized spacial score (nSPS) is 14.9. The number of piperidine rings is 1. The minimum absolute atomic E-state index is 0.00769. The van der Waals surface area contributed by atoms with Gasteiger partial charge in [0.15, 0.2) is 5.78 Å². The van der Waals surface area contributed by atoms with Crippen molar-refractivity contribution in [3.05, 3.63) is 68.6 Å². The fraction of sp³-hybridized carbons (Fsp3) is 0.300. The Labute approximate surface area is 170 Å². The van der Waals surface area contributed by atoms with E-state index in [1.807, 2.05) is 48.5 Å². The molecular formula is C20H20Br2N2O2. The van der Waals surface area contributed by atoms with Gasteiger partial charge in [-0.3, -0.25) is 4.79 Å². The van der Waals surface area contributed by atoms with Crippen molar-refractivity contribution < 1.29 is 9.59 Å². The number of hydrogen-bond acceptors (Lipinski definition) is 2. The summed E-state index contributed by atoms with van der Waals surface area (Å²) in [6, 6.07) is 15.3. The number of hydrogen-bond donors (Lipinski definition) is 1. The molecule has 136 valence electrons. The first-order chi connectivity index (χ1) is 12.5. The number of ketones is 1. The minimum Gasteiger partial charge on any atom is -0.334 e. The van der Waals surface area contributed by atoms with Gasteiger partial charge in [0.2, 0.25) is 0 Å². The fourth-order valence-corrected chi connectivity index (χ4v) is 3.62. The molecule has 0 bridgehead atoms. The second-order valence-corrected chi connectivity index (χ2v) is 8.25. The summed E-state index contributed by atoms with van der Waals surface area (Å²) in [7, 11) is 0. The van der Waals surface area contributed by atoms with Gasteiger partial charge in [-0.1, -0.05) is 56.1 Å². The lowest BCUT2D eigenvalue weighted by atomic mass is 9.89. The third-order valence-electron chi connectivity index (χ3n) is 4.64. The van der Waals surface area contributed by atoms with Gasteiger partial charge in [-0.05, 0) is 42.7 Å². The van der Waals surface area contributed by atoms with Crippen LogP contribution in [0.5, 0.6) is 0 Å². The first-order valence-corrected chi connectivity index (χ1v) is 10.2. The summed E-state index contributed by atoms with van der Waals surface area (Å²) < 4.78 is 1.98. The molecule has 1 N–H and O–H groups in total. The first kappa shape index (κ1) is 19.1. The van der Waals surface area contributed by atoms with Gasteiger partial charge in [-0.15, -0.1) is 0 Å². The van der Waals surface area contributed by atoms with E-state index < -0.39 is 0 Å². The summed E-state index contributed by atoms with van der Waals surface area (Å²) in [5.41, 5.74) is 1.80. The maximum Gasteiger partial charge on any atom is 0.317 e. The van der Waals surface area contributed by atoms with Crippen molar-refractivity contribution in [1.29, 1.82) is 0 Å². The molecule has 0 saturated carbocycles. The fourth-order valence-electron chi connectivity index (χ4n) is 3.09. The molecule has 0 unspecified atom stereocenters. The van der Waals surface area contributed by atoms with Gasteiger partial charge in [0.05, 0.1) is 0 Å². The van der Waals surface area contributed by atoms with Crippen LogP contribution in [0.15, 0.2) is 57.5 Å². The van der Waals surface area contributed by atoms with Gasteiger partial charge in [0.25, 0.3) is 0 Å². The van der Waals surface area contributed by atoms with E-state index >= 15 is 0 Å². The highest BCUT2D eigenvalue weighted by Gasteiger charge is 2.27. The Morgan fingerprint density at radius 3 is 2.04 bits per heavy atom. The van der Waals surface area contributed by atoms with E-state index in [1.54, 1.807) is 4.90 Å².